The van der Waals surface area contributed by atoms with Crippen LogP contribution in [0, 0.1) is 5.41 Å². The Hall–Kier alpha value is -0.720. The lowest BCUT2D eigenvalue weighted by atomic mass is 9.78. The second-order valence-electron chi connectivity index (χ2n) is 4.81. The summed E-state index contributed by atoms with van der Waals surface area (Å²) >= 11 is 5.14. The third kappa shape index (κ3) is 6.15. The molecule has 0 unspecified atom stereocenters. The van der Waals surface area contributed by atoms with Crippen LogP contribution in [0.3, 0.4) is 0 Å². The predicted molar refractivity (Wildman–Crippen MR) is 84.7 cm³/mol. The van der Waals surface area contributed by atoms with E-state index in [1.165, 1.54) is 0 Å². The van der Waals surface area contributed by atoms with Crippen molar-refractivity contribution in [2.24, 2.45) is 11.1 Å². The first-order valence-corrected chi connectivity index (χ1v) is 7.60. The Kier molecular flexibility index (Phi) is 10.6. The maximum atomic E-state index is 12.4. The summed E-state index contributed by atoms with van der Waals surface area (Å²) in [5.74, 6) is -0.0796. The molecular weight excluding hydrogens is 276 g/mol. The Labute approximate surface area is 127 Å². The maximum absolute atomic E-state index is 12.4. The van der Waals surface area contributed by atoms with Crippen molar-refractivity contribution in [1.29, 1.82) is 0 Å². The van der Waals surface area contributed by atoms with Gasteiger partial charge < -0.3 is 20.5 Å². The molecule has 0 heterocycles. The lowest BCUT2D eigenvalue weighted by Gasteiger charge is -2.31. The smallest absolute Gasteiger partial charge is 0.233 e. The molecule has 0 saturated carbocycles. The monoisotopic (exact) mass is 304 g/mol. The number of carbonyl (C=O) groups is 1. The molecule has 3 N–H and O–H groups in total. The van der Waals surface area contributed by atoms with E-state index in [1.807, 2.05) is 13.8 Å². The van der Waals surface area contributed by atoms with Gasteiger partial charge in [0, 0.05) is 13.7 Å². The van der Waals surface area contributed by atoms with Gasteiger partial charge in [-0.25, -0.2) is 0 Å². The van der Waals surface area contributed by atoms with Gasteiger partial charge in [0.25, 0.3) is 0 Å². The van der Waals surface area contributed by atoms with Crippen molar-refractivity contribution in [3.63, 3.8) is 0 Å². The van der Waals surface area contributed by atoms with Gasteiger partial charge in [-0.05, 0) is 12.8 Å². The molecule has 0 aliphatic rings. The Morgan fingerprint density at radius 2 is 1.80 bits per heavy atom. The number of rotatable bonds is 12. The van der Waals surface area contributed by atoms with Crippen LogP contribution < -0.4 is 11.1 Å². The van der Waals surface area contributed by atoms with Crippen LogP contribution in [0.1, 0.15) is 39.5 Å². The number of ether oxygens (including phenoxy) is 2. The highest BCUT2D eigenvalue weighted by Crippen LogP contribution is 2.30. The summed E-state index contributed by atoms with van der Waals surface area (Å²) in [6.45, 7) is 6.06. The summed E-state index contributed by atoms with van der Waals surface area (Å²) < 4.78 is 10.2. The average molecular weight is 304 g/mol. The minimum atomic E-state index is -0.717. The third-order valence-electron chi connectivity index (χ3n) is 3.22. The fourth-order valence-corrected chi connectivity index (χ4v) is 2.51. The SMILES string of the molecule is CCCC(CCC)(C(=O)NCCOCCOC)C(N)=S. The van der Waals surface area contributed by atoms with Gasteiger partial charge >= 0.3 is 0 Å². The Morgan fingerprint density at radius 3 is 2.25 bits per heavy atom. The van der Waals surface area contributed by atoms with Gasteiger partial charge in [0.15, 0.2) is 0 Å². The number of hydrogen-bond donors (Lipinski definition) is 2. The lowest BCUT2D eigenvalue weighted by Crippen LogP contribution is -2.49. The molecule has 0 fully saturated rings. The van der Waals surface area contributed by atoms with Gasteiger partial charge in [0.1, 0.15) is 0 Å². The summed E-state index contributed by atoms with van der Waals surface area (Å²) in [5.41, 5.74) is 5.12. The van der Waals surface area contributed by atoms with Gasteiger partial charge in [0.2, 0.25) is 5.91 Å². The molecule has 0 saturated heterocycles. The van der Waals surface area contributed by atoms with E-state index in [9.17, 15) is 4.79 Å². The summed E-state index contributed by atoms with van der Waals surface area (Å²) in [5, 5.41) is 2.88. The molecule has 0 atom stereocenters. The van der Waals surface area contributed by atoms with E-state index in [0.717, 1.165) is 12.8 Å². The number of methoxy groups -OCH3 is 1. The van der Waals surface area contributed by atoms with Crippen LogP contribution in [0.5, 0.6) is 0 Å². The van der Waals surface area contributed by atoms with Crippen LogP contribution in [-0.2, 0) is 14.3 Å². The van der Waals surface area contributed by atoms with Crippen molar-refractivity contribution in [3.05, 3.63) is 0 Å². The van der Waals surface area contributed by atoms with Crippen LogP contribution in [0.4, 0.5) is 0 Å². The van der Waals surface area contributed by atoms with E-state index in [-0.39, 0.29) is 5.91 Å². The Morgan fingerprint density at radius 1 is 1.20 bits per heavy atom. The molecule has 6 heteroatoms. The molecule has 5 nitrogen and oxygen atoms in total. The molecule has 0 aromatic carbocycles. The van der Waals surface area contributed by atoms with Crippen LogP contribution in [0.15, 0.2) is 0 Å². The van der Waals surface area contributed by atoms with E-state index < -0.39 is 5.41 Å². The number of thiocarbonyl (C=S) groups is 1. The average Bonchev–Trinajstić information content (AvgIpc) is 2.41. The van der Waals surface area contributed by atoms with Gasteiger partial charge in [0.05, 0.1) is 30.2 Å². The maximum Gasteiger partial charge on any atom is 0.233 e. The number of nitrogens with one attached hydrogen (secondary N) is 1. The zero-order valence-electron chi connectivity index (χ0n) is 12.9. The van der Waals surface area contributed by atoms with Crippen molar-refractivity contribution >= 4 is 23.1 Å². The van der Waals surface area contributed by atoms with Crippen LogP contribution >= 0.6 is 12.2 Å². The minimum absolute atomic E-state index is 0.0796. The lowest BCUT2D eigenvalue weighted by molar-refractivity contribution is -0.128. The van der Waals surface area contributed by atoms with Gasteiger partial charge in [-0.15, -0.1) is 0 Å². The van der Waals surface area contributed by atoms with E-state index in [2.05, 4.69) is 5.32 Å². The first-order chi connectivity index (χ1) is 9.55. The molecule has 118 valence electrons. The number of amides is 1. The number of nitrogens with two attached hydrogens (primary N) is 1. The largest absolute Gasteiger partial charge is 0.392 e. The van der Waals surface area contributed by atoms with Crippen LogP contribution in [0.25, 0.3) is 0 Å². The molecule has 0 bridgehead atoms. The zero-order chi connectivity index (χ0) is 15.4. The van der Waals surface area contributed by atoms with Gasteiger partial charge in [-0.1, -0.05) is 38.9 Å². The van der Waals surface area contributed by atoms with E-state index in [4.69, 9.17) is 27.4 Å². The van der Waals surface area contributed by atoms with Gasteiger partial charge in [-0.2, -0.15) is 0 Å². The van der Waals surface area contributed by atoms with Gasteiger partial charge in [-0.3, -0.25) is 4.79 Å². The second-order valence-corrected chi connectivity index (χ2v) is 5.25. The normalized spacial score (nSPS) is 11.3. The van der Waals surface area contributed by atoms with Crippen molar-refractivity contribution in [3.8, 4) is 0 Å². The van der Waals surface area contributed by atoms with Crippen molar-refractivity contribution in [2.75, 3.05) is 33.5 Å². The molecular formula is C14H28N2O3S. The quantitative estimate of drug-likeness (QED) is 0.423. The van der Waals surface area contributed by atoms with Crippen molar-refractivity contribution in [1.82, 2.24) is 5.32 Å². The minimum Gasteiger partial charge on any atom is -0.392 e. The fraction of sp³-hybridized carbons (Fsp3) is 0.857. The molecule has 0 aromatic heterocycles. The highest BCUT2D eigenvalue weighted by molar-refractivity contribution is 7.80. The predicted octanol–water partition coefficient (Wildman–Crippen LogP) is 1.64. The molecule has 0 aliphatic heterocycles. The molecule has 0 radical (unpaired) electrons. The fourth-order valence-electron chi connectivity index (χ4n) is 2.21. The van der Waals surface area contributed by atoms with Crippen LogP contribution in [-0.4, -0.2) is 44.4 Å². The third-order valence-corrected chi connectivity index (χ3v) is 3.61. The molecule has 0 spiro atoms. The summed E-state index contributed by atoms with van der Waals surface area (Å²) in [4.78, 5) is 12.7. The Bertz CT molecular complexity index is 292. The Balaban J connectivity index is 4.37. The molecule has 1 amide bonds. The first kappa shape index (κ1) is 19.3. The van der Waals surface area contributed by atoms with Crippen molar-refractivity contribution in [2.45, 2.75) is 39.5 Å². The molecule has 20 heavy (non-hydrogen) atoms. The summed E-state index contributed by atoms with van der Waals surface area (Å²) in [6, 6.07) is 0. The summed E-state index contributed by atoms with van der Waals surface area (Å²) in [6.07, 6.45) is 3.11. The number of carbonyl (C=O) groups excluding carboxylic acids is 1. The number of hydrogen-bond acceptors (Lipinski definition) is 4. The second kappa shape index (κ2) is 11.0. The zero-order valence-corrected chi connectivity index (χ0v) is 13.7. The first-order valence-electron chi connectivity index (χ1n) is 7.20. The topological polar surface area (TPSA) is 73.6 Å². The van der Waals surface area contributed by atoms with E-state index in [0.29, 0.717) is 44.2 Å². The van der Waals surface area contributed by atoms with E-state index >= 15 is 0 Å². The molecule has 0 aliphatic carbocycles. The standard InChI is InChI=1S/C14H28N2O3S/c1-4-6-14(7-5-2,12(15)20)13(17)16-8-9-19-11-10-18-3/h4-11H2,1-3H3,(H2,15,20)(H,16,17). The van der Waals surface area contributed by atoms with Crippen LogP contribution in [0.2, 0.25) is 0 Å². The summed E-state index contributed by atoms with van der Waals surface area (Å²) in [7, 11) is 1.62. The van der Waals surface area contributed by atoms with E-state index in [1.54, 1.807) is 7.11 Å². The highest BCUT2D eigenvalue weighted by Gasteiger charge is 2.39. The van der Waals surface area contributed by atoms with Crippen molar-refractivity contribution < 1.29 is 14.3 Å². The molecule has 0 aromatic rings. The highest BCUT2D eigenvalue weighted by atomic mass is 32.1. The molecule has 0 rings (SSSR count).